The van der Waals surface area contributed by atoms with Gasteiger partial charge in [0.25, 0.3) is 5.56 Å². The lowest BCUT2D eigenvalue weighted by molar-refractivity contribution is 0.264. The van der Waals surface area contributed by atoms with Crippen LogP contribution in [0.1, 0.15) is 50.6 Å². The Morgan fingerprint density at radius 2 is 1.79 bits per heavy atom. The van der Waals surface area contributed by atoms with Gasteiger partial charge in [-0.2, -0.15) is 4.68 Å². The summed E-state index contributed by atoms with van der Waals surface area (Å²) in [5, 5.41) is 14.5. The molecular formula is C25H27FN4O3. The van der Waals surface area contributed by atoms with E-state index in [1.54, 1.807) is 17.7 Å². The molecule has 0 radical (unpaired) electrons. The first-order valence-electron chi connectivity index (χ1n) is 11.1. The zero-order chi connectivity index (χ0) is 23.9. The van der Waals surface area contributed by atoms with E-state index in [0.717, 1.165) is 27.9 Å². The zero-order valence-corrected chi connectivity index (χ0v) is 19.2. The summed E-state index contributed by atoms with van der Waals surface area (Å²) in [6, 6.07) is 10.3. The average Bonchev–Trinajstić information content (AvgIpc) is 3.14. The van der Waals surface area contributed by atoms with E-state index in [1.807, 2.05) is 45.0 Å². The van der Waals surface area contributed by atoms with Crippen molar-refractivity contribution in [3.8, 4) is 11.4 Å². The minimum Gasteiger partial charge on any atom is -0.388 e. The number of para-hydroxylation sites is 1. The molecule has 0 saturated carbocycles. The second-order valence-corrected chi connectivity index (χ2v) is 8.26. The number of hydrogen-bond donors (Lipinski definition) is 1. The highest BCUT2D eigenvalue weighted by Gasteiger charge is 2.20. The summed E-state index contributed by atoms with van der Waals surface area (Å²) >= 11 is 0. The van der Waals surface area contributed by atoms with Gasteiger partial charge in [0.1, 0.15) is 18.1 Å². The second-order valence-electron chi connectivity index (χ2n) is 8.26. The quantitative estimate of drug-likeness (QED) is 0.486. The molecule has 33 heavy (non-hydrogen) atoms. The molecule has 8 heteroatoms. The lowest BCUT2D eigenvalue weighted by atomic mass is 9.97. The number of pyridine rings is 1. The third-order valence-corrected chi connectivity index (χ3v) is 5.99. The van der Waals surface area contributed by atoms with E-state index in [1.165, 1.54) is 16.7 Å². The van der Waals surface area contributed by atoms with Crippen molar-refractivity contribution in [1.82, 2.24) is 18.9 Å². The van der Waals surface area contributed by atoms with Crippen molar-refractivity contribution < 1.29 is 9.50 Å². The van der Waals surface area contributed by atoms with Crippen LogP contribution in [0.15, 0.2) is 52.2 Å². The van der Waals surface area contributed by atoms with Gasteiger partial charge in [-0.1, -0.05) is 39.0 Å². The number of halogens is 1. The lowest BCUT2D eigenvalue weighted by Gasteiger charge is -2.17. The molecule has 2 aromatic heterocycles. The Morgan fingerprint density at radius 1 is 1.06 bits per heavy atom. The number of benzene rings is 2. The molecule has 2 aromatic carbocycles. The number of hydrogen-bond acceptors (Lipinski definition) is 4. The van der Waals surface area contributed by atoms with Crippen LogP contribution in [0.4, 0.5) is 4.39 Å². The Balaban J connectivity index is 2.05. The van der Waals surface area contributed by atoms with E-state index >= 15 is 4.39 Å². The van der Waals surface area contributed by atoms with Crippen molar-refractivity contribution in [3.63, 3.8) is 0 Å². The Morgan fingerprint density at radius 3 is 2.39 bits per heavy atom. The Hall–Kier alpha value is -3.52. The summed E-state index contributed by atoms with van der Waals surface area (Å²) in [5.74, 6) is -0.551. The molecule has 0 aliphatic carbocycles. The molecule has 0 fully saturated rings. The third kappa shape index (κ3) is 3.70. The number of fused-ring (bicyclic) bond motifs is 1. The van der Waals surface area contributed by atoms with Crippen molar-refractivity contribution in [2.45, 2.75) is 53.2 Å². The molecule has 0 atom stereocenters. The normalized spacial score (nSPS) is 11.6. The predicted octanol–water partition coefficient (Wildman–Crippen LogP) is 3.68. The van der Waals surface area contributed by atoms with Gasteiger partial charge in [0.2, 0.25) is 0 Å². The molecule has 4 aromatic rings. The molecule has 0 unspecified atom stereocenters. The monoisotopic (exact) mass is 450 g/mol. The summed E-state index contributed by atoms with van der Waals surface area (Å²) < 4.78 is 19.1. The van der Waals surface area contributed by atoms with Crippen LogP contribution in [0.3, 0.4) is 0 Å². The number of aliphatic hydroxyl groups is 1. The van der Waals surface area contributed by atoms with E-state index in [0.29, 0.717) is 11.9 Å². The highest BCUT2D eigenvalue weighted by Crippen LogP contribution is 2.28. The molecule has 0 spiro atoms. The molecular weight excluding hydrogens is 423 g/mol. The largest absolute Gasteiger partial charge is 0.388 e. The maximum Gasteiger partial charge on any atom is 0.350 e. The maximum absolute atomic E-state index is 15.3. The van der Waals surface area contributed by atoms with Gasteiger partial charge in [0.05, 0.1) is 11.1 Å². The zero-order valence-electron chi connectivity index (χ0n) is 19.2. The number of aryl methyl sites for hydroxylation is 1. The fourth-order valence-corrected chi connectivity index (χ4v) is 4.25. The number of rotatable bonds is 6. The van der Waals surface area contributed by atoms with E-state index in [9.17, 15) is 14.7 Å². The predicted molar refractivity (Wildman–Crippen MR) is 126 cm³/mol. The Labute approximate surface area is 190 Å². The fourth-order valence-electron chi connectivity index (χ4n) is 4.25. The van der Waals surface area contributed by atoms with Crippen LogP contribution >= 0.6 is 0 Å². The molecule has 0 aliphatic rings. The van der Waals surface area contributed by atoms with E-state index in [4.69, 9.17) is 0 Å². The van der Waals surface area contributed by atoms with Crippen LogP contribution in [-0.2, 0) is 19.6 Å². The first-order valence-corrected chi connectivity index (χ1v) is 11.1. The van der Waals surface area contributed by atoms with Crippen LogP contribution in [0.2, 0.25) is 0 Å². The van der Waals surface area contributed by atoms with Crippen LogP contribution < -0.4 is 11.2 Å². The second kappa shape index (κ2) is 8.78. The number of nitrogens with zero attached hydrogens (tertiary/aromatic N) is 4. The average molecular weight is 451 g/mol. The van der Waals surface area contributed by atoms with Crippen molar-refractivity contribution in [2.75, 3.05) is 0 Å². The van der Waals surface area contributed by atoms with Gasteiger partial charge in [-0.15, -0.1) is 5.10 Å². The molecule has 0 bridgehead atoms. The van der Waals surface area contributed by atoms with Gasteiger partial charge in [-0.3, -0.25) is 13.9 Å². The molecule has 7 nitrogen and oxygen atoms in total. The number of aliphatic hydroxyl groups excluding tert-OH is 1. The fraction of sp³-hybridized carbons (Fsp3) is 0.320. The van der Waals surface area contributed by atoms with E-state index in [2.05, 4.69) is 5.10 Å². The van der Waals surface area contributed by atoms with Crippen LogP contribution in [0, 0.1) is 5.82 Å². The van der Waals surface area contributed by atoms with Crippen LogP contribution in [0.5, 0.6) is 0 Å². The Kier molecular flexibility index (Phi) is 6.03. The first-order chi connectivity index (χ1) is 15.8. The molecule has 4 rings (SSSR count). The molecule has 0 amide bonds. The van der Waals surface area contributed by atoms with Crippen molar-refractivity contribution in [3.05, 3.63) is 86.2 Å². The number of aromatic nitrogens is 4. The molecule has 0 aliphatic heterocycles. The van der Waals surface area contributed by atoms with Crippen molar-refractivity contribution in [2.24, 2.45) is 0 Å². The molecule has 0 saturated heterocycles. The van der Waals surface area contributed by atoms with E-state index in [-0.39, 0.29) is 28.4 Å². The summed E-state index contributed by atoms with van der Waals surface area (Å²) in [5.41, 5.74) is 1.70. The molecule has 2 heterocycles. The topological polar surface area (TPSA) is 82.1 Å². The van der Waals surface area contributed by atoms with Gasteiger partial charge < -0.3 is 5.11 Å². The molecule has 1 N–H and O–H groups in total. The SMILES string of the molecule is CCc1ccccc1-n1cc(C(C)C)c2cc(-n3nc(CO)n(CC)c3=O)c(F)cc2c1=O. The van der Waals surface area contributed by atoms with Crippen LogP contribution in [0.25, 0.3) is 22.1 Å². The van der Waals surface area contributed by atoms with Gasteiger partial charge in [0.15, 0.2) is 5.82 Å². The lowest BCUT2D eigenvalue weighted by Crippen LogP contribution is -2.25. The Bertz CT molecular complexity index is 1460. The summed E-state index contributed by atoms with van der Waals surface area (Å²) in [6.07, 6.45) is 2.55. The van der Waals surface area contributed by atoms with Gasteiger partial charge in [-0.05, 0) is 54.0 Å². The first kappa shape index (κ1) is 22.7. The van der Waals surface area contributed by atoms with Crippen molar-refractivity contribution >= 4 is 10.8 Å². The third-order valence-electron chi connectivity index (χ3n) is 5.99. The highest BCUT2D eigenvalue weighted by molar-refractivity contribution is 5.87. The van der Waals surface area contributed by atoms with Crippen molar-refractivity contribution in [1.29, 1.82) is 0 Å². The smallest absolute Gasteiger partial charge is 0.350 e. The van der Waals surface area contributed by atoms with Crippen LogP contribution in [-0.4, -0.2) is 24.0 Å². The van der Waals surface area contributed by atoms with Gasteiger partial charge in [-0.25, -0.2) is 9.18 Å². The minimum atomic E-state index is -0.733. The maximum atomic E-state index is 15.3. The molecule has 172 valence electrons. The summed E-state index contributed by atoms with van der Waals surface area (Å²) in [7, 11) is 0. The highest BCUT2D eigenvalue weighted by atomic mass is 19.1. The standard InChI is InChI=1S/C25H27FN4O3/c1-5-16-9-7-8-10-21(16)29-13-19(15(3)4)17-12-22(20(26)11-18(17)24(29)32)30-25(33)28(6-2)23(14-31)27-30/h7-13,15,31H,5-6,14H2,1-4H3. The van der Waals surface area contributed by atoms with E-state index < -0.39 is 18.1 Å². The summed E-state index contributed by atoms with van der Waals surface area (Å²) in [4.78, 5) is 26.2. The minimum absolute atomic E-state index is 0.0318. The van der Waals surface area contributed by atoms with Gasteiger partial charge in [0, 0.05) is 12.7 Å². The van der Waals surface area contributed by atoms with Gasteiger partial charge >= 0.3 is 5.69 Å². The summed E-state index contributed by atoms with van der Waals surface area (Å²) in [6.45, 7) is 7.62.